The molecule has 2 aliphatic heterocycles. The van der Waals surface area contributed by atoms with E-state index < -0.39 is 0 Å². The van der Waals surface area contributed by atoms with Gasteiger partial charge in [0.15, 0.2) is 5.96 Å². The van der Waals surface area contributed by atoms with Crippen molar-refractivity contribution in [2.45, 2.75) is 50.4 Å². The summed E-state index contributed by atoms with van der Waals surface area (Å²) >= 11 is 0. The number of benzene rings is 1. The molecule has 156 valence electrons. The SMILES string of the molecule is CN=C(NCCCN1CCCCCC1)NCC1(c2ccccc2)CCOCC1. The Kier molecular flexibility index (Phi) is 8.62. The van der Waals surface area contributed by atoms with Crippen LogP contribution in [0.2, 0.25) is 0 Å². The van der Waals surface area contributed by atoms with Crippen molar-refractivity contribution in [3.8, 4) is 0 Å². The molecule has 1 aromatic rings. The largest absolute Gasteiger partial charge is 0.381 e. The normalized spacial score (nSPS) is 21.1. The van der Waals surface area contributed by atoms with Crippen LogP contribution in [0.15, 0.2) is 35.3 Å². The Labute approximate surface area is 170 Å². The van der Waals surface area contributed by atoms with E-state index in [-0.39, 0.29) is 5.41 Å². The van der Waals surface area contributed by atoms with Crippen molar-refractivity contribution in [3.05, 3.63) is 35.9 Å². The van der Waals surface area contributed by atoms with Crippen LogP contribution < -0.4 is 10.6 Å². The Morgan fingerprint density at radius 1 is 1.04 bits per heavy atom. The van der Waals surface area contributed by atoms with Gasteiger partial charge in [-0.25, -0.2) is 0 Å². The van der Waals surface area contributed by atoms with Crippen LogP contribution >= 0.6 is 0 Å². The average Bonchev–Trinajstić information content (AvgIpc) is 3.03. The number of ether oxygens (including phenoxy) is 1. The molecule has 0 unspecified atom stereocenters. The van der Waals surface area contributed by atoms with Crippen molar-refractivity contribution in [1.29, 1.82) is 0 Å². The fourth-order valence-electron chi connectivity index (χ4n) is 4.46. The van der Waals surface area contributed by atoms with Gasteiger partial charge in [0.1, 0.15) is 0 Å². The van der Waals surface area contributed by atoms with E-state index in [1.807, 2.05) is 7.05 Å². The minimum Gasteiger partial charge on any atom is -0.381 e. The van der Waals surface area contributed by atoms with Gasteiger partial charge in [0.05, 0.1) is 0 Å². The van der Waals surface area contributed by atoms with Crippen LogP contribution in [0.3, 0.4) is 0 Å². The molecule has 0 bridgehead atoms. The van der Waals surface area contributed by atoms with E-state index >= 15 is 0 Å². The summed E-state index contributed by atoms with van der Waals surface area (Å²) in [5.41, 5.74) is 1.53. The van der Waals surface area contributed by atoms with Crippen molar-refractivity contribution < 1.29 is 4.74 Å². The first-order chi connectivity index (χ1) is 13.8. The van der Waals surface area contributed by atoms with E-state index in [4.69, 9.17) is 4.74 Å². The van der Waals surface area contributed by atoms with Gasteiger partial charge in [-0.15, -0.1) is 0 Å². The van der Waals surface area contributed by atoms with Crippen molar-refractivity contribution >= 4 is 5.96 Å². The molecule has 0 radical (unpaired) electrons. The molecule has 2 fully saturated rings. The highest BCUT2D eigenvalue weighted by molar-refractivity contribution is 5.79. The molecule has 28 heavy (non-hydrogen) atoms. The summed E-state index contributed by atoms with van der Waals surface area (Å²) < 4.78 is 5.65. The number of hydrogen-bond donors (Lipinski definition) is 2. The summed E-state index contributed by atoms with van der Waals surface area (Å²) in [6.07, 6.45) is 8.80. The number of rotatable bonds is 7. The van der Waals surface area contributed by atoms with Gasteiger partial charge in [-0.3, -0.25) is 4.99 Å². The van der Waals surface area contributed by atoms with Gasteiger partial charge in [-0.1, -0.05) is 43.2 Å². The van der Waals surface area contributed by atoms with Gasteiger partial charge in [0.25, 0.3) is 0 Å². The Balaban J connectivity index is 1.45. The molecule has 0 aliphatic carbocycles. The molecule has 5 heteroatoms. The smallest absolute Gasteiger partial charge is 0.191 e. The molecule has 0 atom stereocenters. The number of nitrogens with zero attached hydrogens (tertiary/aromatic N) is 2. The zero-order chi connectivity index (χ0) is 19.5. The van der Waals surface area contributed by atoms with Crippen molar-refractivity contribution in [1.82, 2.24) is 15.5 Å². The molecule has 0 saturated carbocycles. The summed E-state index contributed by atoms with van der Waals surface area (Å²) in [6, 6.07) is 10.9. The molecule has 0 amide bonds. The van der Waals surface area contributed by atoms with E-state index in [1.54, 1.807) is 0 Å². The Hall–Kier alpha value is -1.59. The molecule has 2 N–H and O–H groups in total. The molecule has 0 aromatic heterocycles. The van der Waals surface area contributed by atoms with E-state index in [0.29, 0.717) is 0 Å². The third-order valence-electron chi connectivity index (χ3n) is 6.30. The second kappa shape index (κ2) is 11.4. The second-order valence-electron chi connectivity index (χ2n) is 8.22. The Bertz CT molecular complexity index is 576. The fraction of sp³-hybridized carbons (Fsp3) is 0.696. The number of likely N-dealkylation sites (tertiary alicyclic amines) is 1. The van der Waals surface area contributed by atoms with Crippen LogP contribution in [-0.2, 0) is 10.2 Å². The second-order valence-corrected chi connectivity index (χ2v) is 8.22. The van der Waals surface area contributed by atoms with Crippen molar-refractivity contribution in [2.24, 2.45) is 4.99 Å². The maximum Gasteiger partial charge on any atom is 0.191 e. The summed E-state index contributed by atoms with van der Waals surface area (Å²) in [5.74, 6) is 0.915. The monoisotopic (exact) mass is 386 g/mol. The lowest BCUT2D eigenvalue weighted by molar-refractivity contribution is 0.0514. The Morgan fingerprint density at radius 3 is 2.43 bits per heavy atom. The lowest BCUT2D eigenvalue weighted by Gasteiger charge is -2.38. The quantitative estimate of drug-likeness (QED) is 0.429. The van der Waals surface area contributed by atoms with Gasteiger partial charge in [0.2, 0.25) is 0 Å². The highest BCUT2D eigenvalue weighted by Gasteiger charge is 2.34. The van der Waals surface area contributed by atoms with Crippen molar-refractivity contribution in [3.63, 3.8) is 0 Å². The van der Waals surface area contributed by atoms with Crippen molar-refractivity contribution in [2.75, 3.05) is 53.0 Å². The van der Waals surface area contributed by atoms with Gasteiger partial charge in [-0.2, -0.15) is 0 Å². The van der Waals surface area contributed by atoms with E-state index in [9.17, 15) is 0 Å². The molecule has 2 saturated heterocycles. The standard InChI is InChI=1S/C23H38N4O/c1-24-22(25-14-9-17-27-15-7-2-3-8-16-27)26-20-23(12-18-28-19-13-23)21-10-5-4-6-11-21/h4-6,10-11H,2-3,7-9,12-20H2,1H3,(H2,24,25,26). The number of aliphatic imine (C=N–C) groups is 1. The third-order valence-corrected chi connectivity index (χ3v) is 6.30. The first kappa shape index (κ1) is 21.1. The van der Waals surface area contributed by atoms with Gasteiger partial charge < -0.3 is 20.3 Å². The third kappa shape index (κ3) is 6.21. The topological polar surface area (TPSA) is 48.9 Å². The molecular formula is C23H38N4O. The molecule has 2 heterocycles. The minimum absolute atomic E-state index is 0.128. The van der Waals surface area contributed by atoms with E-state index in [1.165, 1.54) is 57.3 Å². The summed E-state index contributed by atoms with van der Waals surface area (Å²) in [4.78, 5) is 7.07. The average molecular weight is 387 g/mol. The highest BCUT2D eigenvalue weighted by atomic mass is 16.5. The zero-order valence-electron chi connectivity index (χ0n) is 17.6. The molecule has 0 spiro atoms. The van der Waals surface area contributed by atoms with Gasteiger partial charge in [-0.05, 0) is 57.3 Å². The van der Waals surface area contributed by atoms with Crippen LogP contribution in [0.1, 0.15) is 50.5 Å². The summed E-state index contributed by atoms with van der Waals surface area (Å²) in [7, 11) is 1.86. The zero-order valence-corrected chi connectivity index (χ0v) is 17.6. The lowest BCUT2D eigenvalue weighted by Crippen LogP contribution is -2.48. The molecule has 2 aliphatic rings. The highest BCUT2D eigenvalue weighted by Crippen LogP contribution is 2.34. The maximum atomic E-state index is 5.65. The predicted molar refractivity (Wildman–Crippen MR) is 117 cm³/mol. The summed E-state index contributed by atoms with van der Waals surface area (Å²) in [6.45, 7) is 7.26. The molecule has 1 aromatic carbocycles. The van der Waals surface area contributed by atoms with Crippen LogP contribution in [0.5, 0.6) is 0 Å². The van der Waals surface area contributed by atoms with E-state index in [2.05, 4.69) is 50.9 Å². The van der Waals surface area contributed by atoms with Crippen LogP contribution in [0, 0.1) is 0 Å². The van der Waals surface area contributed by atoms with Crippen LogP contribution in [0.25, 0.3) is 0 Å². The minimum atomic E-state index is 0.128. The molecule has 5 nitrogen and oxygen atoms in total. The predicted octanol–water partition coefficient (Wildman–Crippen LogP) is 3.17. The summed E-state index contributed by atoms with van der Waals surface area (Å²) in [5, 5.41) is 7.11. The van der Waals surface area contributed by atoms with Gasteiger partial charge >= 0.3 is 0 Å². The number of guanidine groups is 1. The van der Waals surface area contributed by atoms with Crippen LogP contribution in [0.4, 0.5) is 0 Å². The molecule has 3 rings (SSSR count). The van der Waals surface area contributed by atoms with Gasteiger partial charge in [0, 0.05) is 38.8 Å². The number of hydrogen-bond acceptors (Lipinski definition) is 3. The Morgan fingerprint density at radius 2 is 1.75 bits per heavy atom. The maximum absolute atomic E-state index is 5.65. The van der Waals surface area contributed by atoms with E-state index in [0.717, 1.165) is 45.1 Å². The first-order valence-electron chi connectivity index (χ1n) is 11.1. The first-order valence-corrected chi connectivity index (χ1v) is 11.1. The number of nitrogens with one attached hydrogen (secondary N) is 2. The molecular weight excluding hydrogens is 348 g/mol. The lowest BCUT2D eigenvalue weighted by atomic mass is 9.74. The fourth-order valence-corrected chi connectivity index (χ4v) is 4.46. The van der Waals surface area contributed by atoms with Crippen LogP contribution in [-0.4, -0.2) is 63.8 Å².